The van der Waals surface area contributed by atoms with E-state index in [1.807, 2.05) is 19.1 Å². The molecule has 2 heterocycles. The van der Waals surface area contributed by atoms with E-state index in [0.29, 0.717) is 44.0 Å². The molecule has 1 aliphatic heterocycles. The summed E-state index contributed by atoms with van der Waals surface area (Å²) >= 11 is 0. The van der Waals surface area contributed by atoms with E-state index in [1.54, 1.807) is 36.7 Å². The van der Waals surface area contributed by atoms with Crippen LogP contribution in [0.15, 0.2) is 53.7 Å². The molecule has 1 fully saturated rings. The summed E-state index contributed by atoms with van der Waals surface area (Å²) in [7, 11) is -3.57. The number of hydrogen-bond acceptors (Lipinski definition) is 5. The quantitative estimate of drug-likeness (QED) is 0.790. The lowest BCUT2D eigenvalue weighted by molar-refractivity contribution is 0.134. The molecule has 2 aromatic rings. The van der Waals surface area contributed by atoms with Gasteiger partial charge in [-0.05, 0) is 44.0 Å². The van der Waals surface area contributed by atoms with Crippen molar-refractivity contribution in [2.45, 2.75) is 30.8 Å². The fourth-order valence-electron chi connectivity index (χ4n) is 2.88. The van der Waals surface area contributed by atoms with Crippen molar-refractivity contribution >= 4 is 10.0 Å². The van der Waals surface area contributed by atoms with E-state index in [1.165, 1.54) is 4.31 Å². The Bertz CT molecular complexity index is 788. The Labute approximate surface area is 148 Å². The molecule has 0 radical (unpaired) electrons. The van der Waals surface area contributed by atoms with E-state index in [-0.39, 0.29) is 11.0 Å². The Morgan fingerprint density at radius 1 is 1.16 bits per heavy atom. The van der Waals surface area contributed by atoms with Gasteiger partial charge in [0, 0.05) is 19.3 Å². The van der Waals surface area contributed by atoms with Crippen LogP contribution in [0.4, 0.5) is 0 Å². The molecule has 134 valence electrons. The molecule has 1 aromatic heterocycles. The Balaban J connectivity index is 1.68. The highest BCUT2D eigenvalue weighted by molar-refractivity contribution is 7.89. The number of hydrogen-bond donors (Lipinski definition) is 0. The number of pyridine rings is 1. The molecule has 25 heavy (non-hydrogen) atoms. The molecule has 7 heteroatoms. The zero-order valence-electron chi connectivity index (χ0n) is 14.2. The number of aromatic nitrogens is 1. The van der Waals surface area contributed by atoms with Crippen molar-refractivity contribution in [2.75, 3.05) is 19.7 Å². The van der Waals surface area contributed by atoms with Crippen molar-refractivity contribution in [1.82, 2.24) is 9.29 Å². The van der Waals surface area contributed by atoms with Crippen LogP contribution >= 0.6 is 0 Å². The summed E-state index contributed by atoms with van der Waals surface area (Å²) in [6.45, 7) is 3.11. The van der Waals surface area contributed by atoms with Crippen molar-refractivity contribution in [3.8, 4) is 11.5 Å². The van der Waals surface area contributed by atoms with Gasteiger partial charge in [0.05, 0.1) is 12.8 Å². The van der Waals surface area contributed by atoms with Gasteiger partial charge in [-0.15, -0.1) is 0 Å². The van der Waals surface area contributed by atoms with Gasteiger partial charge in [0.15, 0.2) is 0 Å². The topological polar surface area (TPSA) is 68.7 Å². The van der Waals surface area contributed by atoms with Crippen LogP contribution in [0, 0.1) is 0 Å². The van der Waals surface area contributed by atoms with Gasteiger partial charge in [0.1, 0.15) is 22.5 Å². The summed E-state index contributed by atoms with van der Waals surface area (Å²) in [6, 6.07) is 10.5. The molecule has 0 aliphatic carbocycles. The molecule has 0 atom stereocenters. The van der Waals surface area contributed by atoms with Crippen LogP contribution in [0.25, 0.3) is 0 Å². The second kappa shape index (κ2) is 7.84. The SMILES string of the molecule is CCOc1ccccc1S(=O)(=O)N1CCC(Oc2cccnc2)CC1. The fourth-order valence-corrected chi connectivity index (χ4v) is 4.48. The highest BCUT2D eigenvalue weighted by Crippen LogP contribution is 2.29. The van der Waals surface area contributed by atoms with Crippen LogP contribution < -0.4 is 9.47 Å². The van der Waals surface area contributed by atoms with E-state index < -0.39 is 10.0 Å². The molecule has 1 saturated heterocycles. The van der Waals surface area contributed by atoms with Crippen molar-refractivity contribution in [2.24, 2.45) is 0 Å². The molecule has 0 unspecified atom stereocenters. The zero-order chi connectivity index (χ0) is 17.7. The monoisotopic (exact) mass is 362 g/mol. The summed E-state index contributed by atoms with van der Waals surface area (Å²) in [4.78, 5) is 4.25. The van der Waals surface area contributed by atoms with Gasteiger partial charge in [0.2, 0.25) is 10.0 Å². The third-order valence-electron chi connectivity index (χ3n) is 4.10. The Kier molecular flexibility index (Phi) is 5.55. The third kappa shape index (κ3) is 4.11. The summed E-state index contributed by atoms with van der Waals surface area (Å²) in [6.07, 6.45) is 4.65. The van der Waals surface area contributed by atoms with Gasteiger partial charge >= 0.3 is 0 Å². The zero-order valence-corrected chi connectivity index (χ0v) is 15.0. The van der Waals surface area contributed by atoms with E-state index in [0.717, 1.165) is 0 Å². The van der Waals surface area contributed by atoms with Crippen LogP contribution in [0.1, 0.15) is 19.8 Å². The first-order chi connectivity index (χ1) is 12.1. The molecule has 0 amide bonds. The van der Waals surface area contributed by atoms with Crippen molar-refractivity contribution in [3.05, 3.63) is 48.8 Å². The number of rotatable bonds is 6. The predicted molar refractivity (Wildman–Crippen MR) is 94.3 cm³/mol. The number of para-hydroxylation sites is 1. The van der Waals surface area contributed by atoms with E-state index >= 15 is 0 Å². The average molecular weight is 362 g/mol. The number of nitrogens with zero attached hydrogens (tertiary/aromatic N) is 2. The minimum Gasteiger partial charge on any atom is -0.492 e. The molecule has 1 aliphatic rings. The number of benzene rings is 1. The summed E-state index contributed by atoms with van der Waals surface area (Å²) < 4.78 is 38.7. The minimum absolute atomic E-state index is 0.00205. The average Bonchev–Trinajstić information content (AvgIpc) is 2.64. The highest BCUT2D eigenvalue weighted by Gasteiger charge is 2.32. The molecule has 0 spiro atoms. The van der Waals surface area contributed by atoms with Crippen LogP contribution in [0.2, 0.25) is 0 Å². The maximum absolute atomic E-state index is 12.9. The second-order valence-corrected chi connectivity index (χ2v) is 7.70. The van der Waals surface area contributed by atoms with Crippen LogP contribution in [-0.2, 0) is 10.0 Å². The lowest BCUT2D eigenvalue weighted by Crippen LogP contribution is -2.41. The lowest BCUT2D eigenvalue weighted by atomic mass is 10.1. The van der Waals surface area contributed by atoms with E-state index in [9.17, 15) is 8.42 Å². The maximum atomic E-state index is 12.9. The van der Waals surface area contributed by atoms with Gasteiger partial charge < -0.3 is 9.47 Å². The molecule has 0 saturated carbocycles. The van der Waals surface area contributed by atoms with Crippen molar-refractivity contribution in [1.29, 1.82) is 0 Å². The van der Waals surface area contributed by atoms with Crippen LogP contribution in [0.3, 0.4) is 0 Å². The Hall–Kier alpha value is -2.12. The molecular formula is C18H22N2O4S. The molecule has 6 nitrogen and oxygen atoms in total. The molecule has 0 N–H and O–H groups in total. The first-order valence-corrected chi connectivity index (χ1v) is 9.84. The van der Waals surface area contributed by atoms with Gasteiger partial charge in [-0.2, -0.15) is 4.31 Å². The van der Waals surface area contributed by atoms with Gasteiger partial charge in [-0.25, -0.2) is 8.42 Å². The van der Waals surface area contributed by atoms with Gasteiger partial charge in [-0.3, -0.25) is 4.98 Å². The van der Waals surface area contributed by atoms with E-state index in [2.05, 4.69) is 4.98 Å². The fraction of sp³-hybridized carbons (Fsp3) is 0.389. The summed E-state index contributed by atoms with van der Waals surface area (Å²) in [5.41, 5.74) is 0. The van der Waals surface area contributed by atoms with Crippen molar-refractivity contribution in [3.63, 3.8) is 0 Å². The standard InChI is InChI=1S/C18H22N2O4S/c1-2-23-17-7-3-4-8-18(17)25(21,22)20-12-9-15(10-13-20)24-16-6-5-11-19-14-16/h3-8,11,14-15H,2,9-10,12-13H2,1H3. The molecule has 1 aromatic carbocycles. The number of sulfonamides is 1. The smallest absolute Gasteiger partial charge is 0.246 e. The van der Waals surface area contributed by atoms with E-state index in [4.69, 9.17) is 9.47 Å². The normalized spacial score (nSPS) is 16.5. The van der Waals surface area contributed by atoms with Crippen molar-refractivity contribution < 1.29 is 17.9 Å². The maximum Gasteiger partial charge on any atom is 0.246 e. The molecule has 3 rings (SSSR count). The Morgan fingerprint density at radius 2 is 1.92 bits per heavy atom. The molecule has 0 bridgehead atoms. The number of piperidine rings is 1. The lowest BCUT2D eigenvalue weighted by Gasteiger charge is -2.31. The van der Waals surface area contributed by atoms with Crippen LogP contribution in [0.5, 0.6) is 11.5 Å². The Morgan fingerprint density at radius 3 is 2.60 bits per heavy atom. The third-order valence-corrected chi connectivity index (χ3v) is 6.04. The van der Waals surface area contributed by atoms with Gasteiger partial charge in [-0.1, -0.05) is 12.1 Å². The molecular weight excluding hydrogens is 340 g/mol. The second-order valence-electron chi connectivity index (χ2n) is 5.79. The number of ether oxygens (including phenoxy) is 2. The predicted octanol–water partition coefficient (Wildman–Crippen LogP) is 2.71. The van der Waals surface area contributed by atoms with Gasteiger partial charge in [0.25, 0.3) is 0 Å². The minimum atomic E-state index is -3.57. The first-order valence-electron chi connectivity index (χ1n) is 8.40. The highest BCUT2D eigenvalue weighted by atomic mass is 32.2. The summed E-state index contributed by atoms with van der Waals surface area (Å²) in [5, 5.41) is 0. The largest absolute Gasteiger partial charge is 0.492 e. The van der Waals surface area contributed by atoms with Crippen LogP contribution in [-0.4, -0.2) is 43.5 Å². The first kappa shape index (κ1) is 17.7. The summed E-state index contributed by atoms with van der Waals surface area (Å²) in [5.74, 6) is 1.12.